The predicted octanol–water partition coefficient (Wildman–Crippen LogP) is 2.51. The number of hydrogen-bond acceptors (Lipinski definition) is 3. The van der Waals surface area contributed by atoms with Crippen molar-refractivity contribution in [1.82, 2.24) is 4.98 Å². The average molecular weight is 196 g/mol. The van der Waals surface area contributed by atoms with Crippen molar-refractivity contribution in [3.8, 4) is 0 Å². The third-order valence-corrected chi connectivity index (χ3v) is 3.70. The lowest BCUT2D eigenvalue weighted by Gasteiger charge is -2.34. The van der Waals surface area contributed by atoms with Gasteiger partial charge in [-0.25, -0.2) is 4.98 Å². The maximum absolute atomic E-state index is 6.33. The molecule has 72 valence electrons. The Labute approximate surface area is 83.2 Å². The fourth-order valence-corrected chi connectivity index (χ4v) is 2.65. The van der Waals surface area contributed by atoms with E-state index >= 15 is 0 Å². The van der Waals surface area contributed by atoms with Gasteiger partial charge in [-0.3, -0.25) is 0 Å². The minimum atomic E-state index is -0.119. The van der Waals surface area contributed by atoms with Crippen molar-refractivity contribution >= 4 is 11.3 Å². The Morgan fingerprint density at radius 3 is 2.77 bits per heavy atom. The summed E-state index contributed by atoms with van der Waals surface area (Å²) in [4.78, 5) is 4.33. The fourth-order valence-electron chi connectivity index (χ4n) is 1.99. The van der Waals surface area contributed by atoms with Crippen LogP contribution in [0.1, 0.15) is 38.3 Å². The first-order chi connectivity index (χ1) is 6.21. The molecule has 1 aliphatic carbocycles. The van der Waals surface area contributed by atoms with E-state index in [1.165, 1.54) is 12.8 Å². The zero-order valence-electron chi connectivity index (χ0n) is 7.99. The van der Waals surface area contributed by atoms with Crippen LogP contribution in [0.4, 0.5) is 0 Å². The summed E-state index contributed by atoms with van der Waals surface area (Å²) in [5, 5.41) is 2.09. The van der Waals surface area contributed by atoms with Gasteiger partial charge >= 0.3 is 0 Å². The van der Waals surface area contributed by atoms with Gasteiger partial charge in [0, 0.05) is 5.38 Å². The van der Waals surface area contributed by atoms with Crippen LogP contribution in [0.2, 0.25) is 0 Å². The fraction of sp³-hybridized carbons (Fsp3) is 0.700. The third kappa shape index (κ3) is 1.76. The Morgan fingerprint density at radius 1 is 1.54 bits per heavy atom. The zero-order valence-corrected chi connectivity index (χ0v) is 8.81. The topological polar surface area (TPSA) is 38.9 Å². The molecule has 1 saturated carbocycles. The van der Waals surface area contributed by atoms with Crippen molar-refractivity contribution in [3.63, 3.8) is 0 Å². The van der Waals surface area contributed by atoms with Crippen molar-refractivity contribution in [2.24, 2.45) is 11.7 Å². The Bertz CT molecular complexity index is 260. The smallest absolute Gasteiger partial charge is 0.0795 e. The van der Waals surface area contributed by atoms with Crippen LogP contribution in [-0.2, 0) is 5.54 Å². The largest absolute Gasteiger partial charge is 0.320 e. The minimum absolute atomic E-state index is 0.119. The molecule has 1 aromatic heterocycles. The standard InChI is InChI=1S/C10H16N2S/c1-8-2-4-10(11,5-3-8)9-6-13-7-12-9/h6-8H,2-5,11H2,1H3. The number of thiazole rings is 1. The van der Waals surface area contributed by atoms with Crippen LogP contribution < -0.4 is 5.73 Å². The Hall–Kier alpha value is -0.410. The van der Waals surface area contributed by atoms with Crippen LogP contribution in [0.15, 0.2) is 10.9 Å². The Balaban J connectivity index is 2.13. The van der Waals surface area contributed by atoms with Gasteiger partial charge in [0.25, 0.3) is 0 Å². The van der Waals surface area contributed by atoms with Crippen LogP contribution in [0, 0.1) is 5.92 Å². The molecule has 1 aromatic rings. The summed E-state index contributed by atoms with van der Waals surface area (Å²) >= 11 is 1.64. The highest BCUT2D eigenvalue weighted by molar-refractivity contribution is 7.07. The quantitative estimate of drug-likeness (QED) is 0.749. The molecule has 0 unspecified atom stereocenters. The molecule has 1 aliphatic rings. The van der Waals surface area contributed by atoms with E-state index in [2.05, 4.69) is 17.3 Å². The molecule has 0 radical (unpaired) electrons. The maximum atomic E-state index is 6.33. The van der Waals surface area contributed by atoms with E-state index in [1.54, 1.807) is 11.3 Å². The summed E-state index contributed by atoms with van der Waals surface area (Å²) in [6.07, 6.45) is 4.68. The summed E-state index contributed by atoms with van der Waals surface area (Å²) in [5.74, 6) is 0.843. The Kier molecular flexibility index (Phi) is 2.39. The lowest BCUT2D eigenvalue weighted by atomic mass is 9.76. The molecule has 2 rings (SSSR count). The highest BCUT2D eigenvalue weighted by atomic mass is 32.1. The monoisotopic (exact) mass is 196 g/mol. The SMILES string of the molecule is CC1CCC(N)(c2cscn2)CC1. The molecular formula is C10H16N2S. The van der Waals surface area contributed by atoms with E-state index in [0.717, 1.165) is 24.5 Å². The van der Waals surface area contributed by atoms with E-state index < -0.39 is 0 Å². The van der Waals surface area contributed by atoms with Crippen LogP contribution in [-0.4, -0.2) is 4.98 Å². The molecule has 2 nitrogen and oxygen atoms in total. The van der Waals surface area contributed by atoms with Gasteiger partial charge in [0.2, 0.25) is 0 Å². The number of rotatable bonds is 1. The van der Waals surface area contributed by atoms with Crippen molar-refractivity contribution in [2.45, 2.75) is 38.1 Å². The molecule has 1 heterocycles. The van der Waals surface area contributed by atoms with E-state index in [4.69, 9.17) is 5.73 Å². The lowest BCUT2D eigenvalue weighted by Crippen LogP contribution is -2.40. The number of nitrogens with zero attached hydrogens (tertiary/aromatic N) is 1. The van der Waals surface area contributed by atoms with E-state index in [9.17, 15) is 0 Å². The molecule has 1 fully saturated rings. The first-order valence-electron chi connectivity index (χ1n) is 4.88. The highest BCUT2D eigenvalue weighted by Gasteiger charge is 2.33. The van der Waals surface area contributed by atoms with Gasteiger partial charge < -0.3 is 5.73 Å². The minimum Gasteiger partial charge on any atom is -0.320 e. The van der Waals surface area contributed by atoms with Crippen molar-refractivity contribution in [1.29, 1.82) is 0 Å². The van der Waals surface area contributed by atoms with Crippen molar-refractivity contribution in [2.75, 3.05) is 0 Å². The van der Waals surface area contributed by atoms with Gasteiger partial charge in [0.15, 0.2) is 0 Å². The predicted molar refractivity (Wildman–Crippen MR) is 55.6 cm³/mol. The van der Waals surface area contributed by atoms with Crippen molar-refractivity contribution < 1.29 is 0 Å². The van der Waals surface area contributed by atoms with Gasteiger partial charge in [-0.05, 0) is 31.6 Å². The first-order valence-corrected chi connectivity index (χ1v) is 5.82. The zero-order chi connectivity index (χ0) is 9.31. The molecule has 0 amide bonds. The average Bonchev–Trinajstić information content (AvgIpc) is 2.63. The highest BCUT2D eigenvalue weighted by Crippen LogP contribution is 2.36. The van der Waals surface area contributed by atoms with Crippen LogP contribution in [0.5, 0.6) is 0 Å². The third-order valence-electron chi connectivity index (χ3n) is 3.11. The normalized spacial score (nSPS) is 34.8. The van der Waals surface area contributed by atoms with E-state index in [-0.39, 0.29) is 5.54 Å². The number of aromatic nitrogens is 1. The second kappa shape index (κ2) is 3.39. The van der Waals surface area contributed by atoms with Crippen LogP contribution in [0.3, 0.4) is 0 Å². The summed E-state index contributed by atoms with van der Waals surface area (Å²) in [7, 11) is 0. The Morgan fingerprint density at radius 2 is 2.23 bits per heavy atom. The molecule has 0 bridgehead atoms. The summed E-state index contributed by atoms with van der Waals surface area (Å²) in [6.45, 7) is 2.31. The molecule has 0 saturated heterocycles. The molecule has 2 N–H and O–H groups in total. The second-order valence-corrected chi connectivity index (χ2v) is 4.93. The maximum Gasteiger partial charge on any atom is 0.0795 e. The number of nitrogens with two attached hydrogens (primary N) is 1. The van der Waals surface area contributed by atoms with E-state index in [0.29, 0.717) is 0 Å². The molecule has 0 aliphatic heterocycles. The summed E-state index contributed by atoms with van der Waals surface area (Å²) in [5.41, 5.74) is 9.19. The van der Waals surface area contributed by atoms with Gasteiger partial charge in [-0.15, -0.1) is 11.3 Å². The lowest BCUT2D eigenvalue weighted by molar-refractivity contribution is 0.243. The molecule has 13 heavy (non-hydrogen) atoms. The van der Waals surface area contributed by atoms with Crippen molar-refractivity contribution in [3.05, 3.63) is 16.6 Å². The summed E-state index contributed by atoms with van der Waals surface area (Å²) in [6, 6.07) is 0. The summed E-state index contributed by atoms with van der Waals surface area (Å²) < 4.78 is 0. The van der Waals surface area contributed by atoms with Crippen LogP contribution in [0.25, 0.3) is 0 Å². The van der Waals surface area contributed by atoms with Gasteiger partial charge in [0.05, 0.1) is 16.7 Å². The number of hydrogen-bond donors (Lipinski definition) is 1. The van der Waals surface area contributed by atoms with Gasteiger partial charge in [0.1, 0.15) is 0 Å². The van der Waals surface area contributed by atoms with Gasteiger partial charge in [-0.2, -0.15) is 0 Å². The van der Waals surface area contributed by atoms with E-state index in [1.807, 2.05) is 5.51 Å². The molecular weight excluding hydrogens is 180 g/mol. The second-order valence-electron chi connectivity index (χ2n) is 4.21. The molecule has 0 aromatic carbocycles. The van der Waals surface area contributed by atoms with Gasteiger partial charge in [-0.1, -0.05) is 6.92 Å². The molecule has 0 spiro atoms. The van der Waals surface area contributed by atoms with Crippen LogP contribution >= 0.6 is 11.3 Å². The molecule has 3 heteroatoms. The first kappa shape index (κ1) is 9.16. The molecule has 0 atom stereocenters.